The zero-order chi connectivity index (χ0) is 24.9. The Bertz CT molecular complexity index is 1650. The number of anilines is 2. The van der Waals surface area contributed by atoms with Gasteiger partial charge in [0.2, 0.25) is 0 Å². The van der Waals surface area contributed by atoms with Crippen molar-refractivity contribution in [2.45, 2.75) is 32.1 Å². The minimum atomic E-state index is -0.295. The maximum absolute atomic E-state index is 13.4. The van der Waals surface area contributed by atoms with E-state index in [4.69, 9.17) is 21.1 Å². The summed E-state index contributed by atoms with van der Waals surface area (Å²) in [6, 6.07) is 11.8. The molecule has 3 aromatic heterocycles. The van der Waals surface area contributed by atoms with Gasteiger partial charge >= 0.3 is 0 Å². The predicted molar refractivity (Wildman–Crippen MR) is 141 cm³/mol. The van der Waals surface area contributed by atoms with E-state index in [1.54, 1.807) is 35.9 Å². The van der Waals surface area contributed by atoms with Gasteiger partial charge in [0.15, 0.2) is 0 Å². The quantitative estimate of drug-likeness (QED) is 0.252. The molecular weight excluding hydrogens is 513 g/mol. The van der Waals surface area contributed by atoms with Gasteiger partial charge in [-0.15, -0.1) is 11.3 Å². The van der Waals surface area contributed by atoms with Gasteiger partial charge in [0.1, 0.15) is 41.3 Å². The number of benzene rings is 2. The lowest BCUT2D eigenvalue weighted by Gasteiger charge is -2.16. The van der Waals surface area contributed by atoms with Crippen LogP contribution in [0.1, 0.15) is 16.8 Å². The van der Waals surface area contributed by atoms with Crippen LogP contribution in [-0.2, 0) is 30.7 Å². The molecule has 186 valence electrons. The largest absolute Gasteiger partial charge is 0.487 e. The number of epoxide rings is 1. The van der Waals surface area contributed by atoms with E-state index < -0.39 is 0 Å². The predicted octanol–water partition coefficient (Wildman–Crippen LogP) is 6.17. The minimum Gasteiger partial charge on any atom is -0.487 e. The zero-order valence-electron chi connectivity index (χ0n) is 19.6. The van der Waals surface area contributed by atoms with E-state index in [9.17, 15) is 4.39 Å². The van der Waals surface area contributed by atoms with Gasteiger partial charge < -0.3 is 14.8 Å². The van der Waals surface area contributed by atoms with Crippen LogP contribution in [0.15, 0.2) is 55.0 Å². The fraction of sp³-hybridized carbons (Fsp3) is 0.222. The number of nitrogens with zero attached hydrogens (tertiary/aromatic N) is 4. The Labute approximate surface area is 220 Å². The van der Waals surface area contributed by atoms with Gasteiger partial charge in [0.05, 0.1) is 29.8 Å². The first-order valence-electron chi connectivity index (χ1n) is 12.0. The molecule has 1 saturated heterocycles. The summed E-state index contributed by atoms with van der Waals surface area (Å²) in [6.45, 7) is 1.85. The van der Waals surface area contributed by atoms with E-state index in [-0.39, 0.29) is 12.4 Å². The Morgan fingerprint density at radius 2 is 2.11 bits per heavy atom. The van der Waals surface area contributed by atoms with Crippen LogP contribution in [0.2, 0.25) is 5.02 Å². The minimum absolute atomic E-state index is 0.226. The summed E-state index contributed by atoms with van der Waals surface area (Å²) in [5, 5.41) is 9.56. The van der Waals surface area contributed by atoms with Gasteiger partial charge in [-0.1, -0.05) is 23.7 Å². The second kappa shape index (κ2) is 9.09. The number of halogens is 2. The molecule has 1 N–H and O–H groups in total. The fourth-order valence-electron chi connectivity index (χ4n) is 4.79. The molecule has 2 aromatic carbocycles. The fourth-order valence-corrected chi connectivity index (χ4v) is 6.25. The van der Waals surface area contributed by atoms with Crippen molar-refractivity contribution in [3.8, 4) is 16.2 Å². The number of fused-ring (bicyclic) bond motifs is 5. The molecule has 1 atom stereocenters. The van der Waals surface area contributed by atoms with Crippen LogP contribution < -0.4 is 10.1 Å². The summed E-state index contributed by atoms with van der Waals surface area (Å²) in [5.41, 5.74) is 5.21. The molecule has 10 heteroatoms. The molecule has 5 aromatic rings. The highest BCUT2D eigenvalue weighted by atomic mass is 35.5. The van der Waals surface area contributed by atoms with Crippen molar-refractivity contribution in [2.75, 3.05) is 11.9 Å². The third kappa shape index (κ3) is 4.33. The number of hydrogen-bond acceptors (Lipinski definition) is 7. The lowest BCUT2D eigenvalue weighted by Crippen LogP contribution is -2.12. The third-order valence-electron chi connectivity index (χ3n) is 6.65. The molecule has 7 rings (SSSR count). The van der Waals surface area contributed by atoms with Crippen LogP contribution in [0.5, 0.6) is 5.75 Å². The van der Waals surface area contributed by atoms with Crippen molar-refractivity contribution < 1.29 is 13.9 Å². The molecule has 0 spiro atoms. The monoisotopic (exact) mass is 533 g/mol. The zero-order valence-corrected chi connectivity index (χ0v) is 21.2. The Morgan fingerprint density at radius 1 is 1.19 bits per heavy atom. The number of hydrogen-bond donors (Lipinski definition) is 1. The van der Waals surface area contributed by atoms with Crippen molar-refractivity contribution in [2.24, 2.45) is 0 Å². The van der Waals surface area contributed by atoms with E-state index in [0.29, 0.717) is 16.9 Å². The Morgan fingerprint density at radius 3 is 2.95 bits per heavy atom. The highest BCUT2D eigenvalue weighted by Crippen LogP contribution is 2.45. The summed E-state index contributed by atoms with van der Waals surface area (Å²) in [4.78, 5) is 11.3. The summed E-state index contributed by atoms with van der Waals surface area (Å²) >= 11 is 8.19. The molecule has 0 amide bonds. The SMILES string of the molecule is Fc1cccc(COc2ccc(Nc3ncnc4sc5c(c34)CCc3c-5cnn3C[C@H]3CO3)cc2Cl)c1. The molecule has 0 saturated carbocycles. The summed E-state index contributed by atoms with van der Waals surface area (Å²) in [5.74, 6) is 0.976. The number of thiophene rings is 1. The molecule has 0 unspecified atom stereocenters. The van der Waals surface area contributed by atoms with Crippen LogP contribution in [0.3, 0.4) is 0 Å². The van der Waals surface area contributed by atoms with Crippen molar-refractivity contribution in [1.82, 2.24) is 19.7 Å². The lowest BCUT2D eigenvalue weighted by molar-refractivity contribution is 0.306. The number of ether oxygens (including phenoxy) is 2. The Hall–Kier alpha value is -3.53. The van der Waals surface area contributed by atoms with Gasteiger partial charge in [-0.05, 0) is 54.3 Å². The van der Waals surface area contributed by atoms with Gasteiger partial charge in [-0.25, -0.2) is 14.4 Å². The van der Waals surface area contributed by atoms with Crippen LogP contribution in [0.4, 0.5) is 15.9 Å². The smallest absolute Gasteiger partial charge is 0.142 e. The molecule has 0 bridgehead atoms. The molecule has 37 heavy (non-hydrogen) atoms. The van der Waals surface area contributed by atoms with Crippen molar-refractivity contribution in [3.63, 3.8) is 0 Å². The summed E-state index contributed by atoms with van der Waals surface area (Å²) in [7, 11) is 0. The molecule has 7 nitrogen and oxygen atoms in total. The second-order valence-corrected chi connectivity index (χ2v) is 10.5. The van der Waals surface area contributed by atoms with E-state index in [1.807, 2.05) is 18.3 Å². The van der Waals surface area contributed by atoms with Crippen molar-refractivity contribution in [1.29, 1.82) is 0 Å². The highest BCUT2D eigenvalue weighted by Gasteiger charge is 2.30. The maximum atomic E-state index is 13.4. The topological polar surface area (TPSA) is 77.4 Å². The molecule has 2 aliphatic rings. The average Bonchev–Trinajstić information content (AvgIpc) is 3.48. The number of aryl methyl sites for hydroxylation is 1. The maximum Gasteiger partial charge on any atom is 0.142 e. The van der Waals surface area contributed by atoms with Crippen LogP contribution in [0.25, 0.3) is 20.7 Å². The van der Waals surface area contributed by atoms with Crippen molar-refractivity contribution >= 4 is 44.7 Å². The molecule has 1 aliphatic heterocycles. The van der Waals surface area contributed by atoms with Gasteiger partial charge in [-0.2, -0.15) is 5.10 Å². The first-order chi connectivity index (χ1) is 18.1. The highest BCUT2D eigenvalue weighted by molar-refractivity contribution is 7.22. The van der Waals surface area contributed by atoms with Gasteiger partial charge in [0.25, 0.3) is 0 Å². The number of nitrogens with one attached hydrogen (secondary N) is 1. The normalized spacial score (nSPS) is 15.9. The van der Waals surface area contributed by atoms with Crippen molar-refractivity contribution in [3.05, 3.63) is 82.6 Å². The van der Waals surface area contributed by atoms with Crippen LogP contribution in [-0.4, -0.2) is 32.5 Å². The van der Waals surface area contributed by atoms with Gasteiger partial charge in [0, 0.05) is 21.8 Å². The summed E-state index contributed by atoms with van der Waals surface area (Å²) < 4.78 is 26.7. The second-order valence-electron chi connectivity index (χ2n) is 9.14. The van der Waals surface area contributed by atoms with E-state index in [2.05, 4.69) is 25.1 Å². The third-order valence-corrected chi connectivity index (χ3v) is 8.12. The number of rotatable bonds is 7. The first-order valence-corrected chi connectivity index (χ1v) is 13.2. The molecule has 1 fully saturated rings. The first kappa shape index (κ1) is 22.7. The van der Waals surface area contributed by atoms with Crippen LogP contribution >= 0.6 is 22.9 Å². The standard InChI is InChI=1S/C27H21ClFN5O2S/c28-21-9-17(4-7-23(21)36-12-15-2-1-3-16(29)8-15)33-26-24-19-5-6-22-20(10-32-34(22)11-18-13-35-18)25(19)37-27(24)31-14-30-26/h1-4,7-10,14,18H,5-6,11-13H2,(H,30,31,33)/t18-/m0/s1. The summed E-state index contributed by atoms with van der Waals surface area (Å²) in [6.07, 6.45) is 5.65. The molecule has 0 radical (unpaired) electrons. The van der Waals surface area contributed by atoms with E-state index >= 15 is 0 Å². The Balaban J connectivity index is 1.15. The lowest BCUT2D eigenvalue weighted by atomic mass is 9.95. The number of aromatic nitrogens is 4. The molecule has 4 heterocycles. The van der Waals surface area contributed by atoms with Crippen LogP contribution in [0, 0.1) is 5.82 Å². The Kier molecular flexibility index (Phi) is 5.57. The molecular formula is C27H21ClFN5O2S. The van der Waals surface area contributed by atoms with Gasteiger partial charge in [-0.3, -0.25) is 4.68 Å². The molecule has 1 aliphatic carbocycles. The van der Waals surface area contributed by atoms with E-state index in [1.165, 1.54) is 33.8 Å². The average molecular weight is 534 g/mol. The van der Waals surface area contributed by atoms with E-state index in [0.717, 1.165) is 53.3 Å².